The van der Waals surface area contributed by atoms with Crippen LogP contribution in [-0.4, -0.2) is 48.3 Å². The van der Waals surface area contributed by atoms with Gasteiger partial charge >= 0.3 is 0 Å². The van der Waals surface area contributed by atoms with Crippen molar-refractivity contribution in [2.24, 2.45) is 28.2 Å². The molecule has 0 saturated carbocycles. The Balaban J connectivity index is 0.000000160. The lowest BCUT2D eigenvalue weighted by atomic mass is 10.5. The van der Waals surface area contributed by atoms with E-state index >= 15 is 0 Å². The zero-order valence-electron chi connectivity index (χ0n) is 25.2. The van der Waals surface area contributed by atoms with Gasteiger partial charge in [0.15, 0.2) is 11.6 Å². The molecule has 6 rings (SSSR count). The van der Waals surface area contributed by atoms with Gasteiger partial charge in [0.05, 0.1) is 0 Å². The van der Waals surface area contributed by atoms with Crippen molar-refractivity contribution in [1.29, 1.82) is 0 Å². The molecule has 0 unspecified atom stereocenters. The molecule has 0 atom stereocenters. The second-order valence-electron chi connectivity index (χ2n) is 9.63. The first-order valence-corrected chi connectivity index (χ1v) is 13.7. The third-order valence-electron chi connectivity index (χ3n) is 6.09. The molecule has 12 nitrogen and oxygen atoms in total. The van der Waals surface area contributed by atoms with Crippen LogP contribution in [0, 0.1) is 27.7 Å². The number of nitrogens with zero attached hydrogens (tertiary/aromatic N) is 10. The second kappa shape index (κ2) is 14.0. The van der Waals surface area contributed by atoms with Crippen LogP contribution in [-0.2, 0) is 28.2 Å². The fourth-order valence-electron chi connectivity index (χ4n) is 4.02. The minimum Gasteiger partial charge on any atom is -0.382 e. The first-order valence-electron chi connectivity index (χ1n) is 13.0. The highest BCUT2D eigenvalue weighted by molar-refractivity contribution is 6.30. The van der Waals surface area contributed by atoms with Gasteiger partial charge in [0, 0.05) is 81.6 Å². The first-order chi connectivity index (χ1) is 19.8. The Morgan fingerprint density at radius 3 is 1.26 bits per heavy atom. The lowest BCUT2D eigenvalue weighted by molar-refractivity contribution is 0.745. The fraction of sp³-hybridized carbons (Fsp3) is 0.286. The number of halogens is 2. The van der Waals surface area contributed by atoms with Gasteiger partial charge < -0.3 is 20.6 Å². The van der Waals surface area contributed by atoms with E-state index in [9.17, 15) is 0 Å². The van der Waals surface area contributed by atoms with Crippen molar-refractivity contribution >= 4 is 34.8 Å². The van der Waals surface area contributed by atoms with E-state index in [1.165, 1.54) is 16.1 Å². The summed E-state index contributed by atoms with van der Waals surface area (Å²) in [6.07, 6.45) is 3.75. The molecule has 0 aromatic carbocycles. The predicted molar refractivity (Wildman–Crippen MR) is 169 cm³/mol. The molecule has 4 N–H and O–H groups in total. The summed E-state index contributed by atoms with van der Waals surface area (Å²) in [5, 5.41) is 17.5. The van der Waals surface area contributed by atoms with Gasteiger partial charge in [0.1, 0.15) is 21.9 Å². The van der Waals surface area contributed by atoms with Crippen molar-refractivity contribution in [2.75, 3.05) is 11.5 Å². The number of aromatic nitrogens is 10. The molecule has 42 heavy (non-hydrogen) atoms. The molecule has 0 radical (unpaired) electrons. The highest BCUT2D eigenvalue weighted by atomic mass is 35.5. The lowest BCUT2D eigenvalue weighted by Gasteiger charge is -2.03. The Morgan fingerprint density at radius 2 is 0.976 bits per heavy atom. The molecule has 0 aliphatic heterocycles. The number of hydrogen-bond acceptors (Lipinski definition) is 6. The molecule has 6 aromatic rings. The zero-order chi connectivity index (χ0) is 31.1. The van der Waals surface area contributed by atoms with Gasteiger partial charge in [0.25, 0.3) is 0 Å². The Kier molecular flexibility index (Phi) is 10.7. The van der Waals surface area contributed by atoms with Crippen LogP contribution in [0.5, 0.6) is 0 Å². The molecule has 0 aliphatic carbocycles. The Hall–Kier alpha value is -4.42. The fourth-order valence-corrected chi connectivity index (χ4v) is 4.30. The number of hydrogen-bond donors (Lipinski definition) is 2. The number of nitrogen functional groups attached to an aromatic ring is 2. The van der Waals surface area contributed by atoms with Gasteiger partial charge in [-0.05, 0) is 58.0 Å². The van der Waals surface area contributed by atoms with E-state index in [1.54, 1.807) is 34.7 Å². The van der Waals surface area contributed by atoms with Crippen LogP contribution >= 0.6 is 23.2 Å². The third-order valence-corrected chi connectivity index (χ3v) is 6.79. The average Bonchev–Trinajstić information content (AvgIpc) is 3.75. The Bertz CT molecular complexity index is 1630. The number of nitrogens with two attached hydrogens (primary N) is 2. The molecule has 224 valence electrons. The molecule has 6 heterocycles. The van der Waals surface area contributed by atoms with Gasteiger partial charge in [-0.25, -0.2) is 0 Å². The normalized spacial score (nSPS) is 10.3. The second-order valence-corrected chi connectivity index (χ2v) is 10.4. The van der Waals surface area contributed by atoms with Crippen LogP contribution in [0.25, 0.3) is 11.6 Å². The summed E-state index contributed by atoms with van der Waals surface area (Å²) in [5.74, 6) is 2.89. The summed E-state index contributed by atoms with van der Waals surface area (Å²) in [4.78, 5) is 0. The SMILES string of the molecule is Cc1ccc(C)n1-c1cc(Cl)n(C)n1.Cc1ccc(C)n1-c1ccn(C)n1.Cn1ccc(N)n1.Cn1nc(N)cc1Cl. The van der Waals surface area contributed by atoms with Gasteiger partial charge in [-0.1, -0.05) is 23.2 Å². The summed E-state index contributed by atoms with van der Waals surface area (Å²) in [6, 6.07) is 15.6. The standard InChI is InChI=1S/C10H12ClN3.C10H13N3.C4H6ClN3.C4H7N3/c1-7-4-5-8(2)14(7)10-6-9(11)13(3)12-10;1-8-4-5-9(2)13(8)10-6-7-12(3)11-10;1-8-3(5)2-4(6)7-8;1-7-3-2-4(5)6-7/h4-6H,1-3H3;4-7H,1-3H3;2H,1H3,(H2,6,7);2-3H,1H3,(H2,5,6). The maximum Gasteiger partial charge on any atom is 0.160 e. The largest absolute Gasteiger partial charge is 0.382 e. The number of rotatable bonds is 2. The summed E-state index contributed by atoms with van der Waals surface area (Å²) >= 11 is 11.5. The van der Waals surface area contributed by atoms with Crippen molar-refractivity contribution in [3.8, 4) is 11.6 Å². The van der Waals surface area contributed by atoms with Crippen molar-refractivity contribution in [3.05, 3.63) is 94.0 Å². The maximum absolute atomic E-state index is 5.94. The first kappa shape index (κ1) is 32.1. The Labute approximate surface area is 255 Å². The minimum atomic E-state index is 0.456. The van der Waals surface area contributed by atoms with Gasteiger partial charge in [0.2, 0.25) is 0 Å². The summed E-state index contributed by atoms with van der Waals surface area (Å²) < 4.78 is 10.9. The van der Waals surface area contributed by atoms with Crippen LogP contribution < -0.4 is 11.5 Å². The average molecular weight is 614 g/mol. The molecule has 14 heteroatoms. The predicted octanol–water partition coefficient (Wildman–Crippen LogP) is 4.97. The molecule has 0 fully saturated rings. The highest BCUT2D eigenvalue weighted by Crippen LogP contribution is 2.18. The molecule has 0 spiro atoms. The lowest BCUT2D eigenvalue weighted by Crippen LogP contribution is -2.00. The van der Waals surface area contributed by atoms with Gasteiger partial charge in [-0.3, -0.25) is 18.7 Å². The maximum atomic E-state index is 5.94. The molecule has 0 amide bonds. The van der Waals surface area contributed by atoms with E-state index in [0.717, 1.165) is 23.0 Å². The summed E-state index contributed by atoms with van der Waals surface area (Å²) in [6.45, 7) is 8.27. The number of aryl methyl sites for hydroxylation is 8. The molecule has 6 aromatic heterocycles. The van der Waals surface area contributed by atoms with Crippen LogP contribution in [0.2, 0.25) is 10.3 Å². The van der Waals surface area contributed by atoms with Crippen LogP contribution in [0.15, 0.2) is 60.9 Å². The molecule has 0 bridgehead atoms. The van der Waals surface area contributed by atoms with E-state index in [4.69, 9.17) is 34.7 Å². The minimum absolute atomic E-state index is 0.456. The van der Waals surface area contributed by atoms with Gasteiger partial charge in [-0.15, -0.1) is 0 Å². The van der Waals surface area contributed by atoms with Crippen LogP contribution in [0.3, 0.4) is 0 Å². The van der Waals surface area contributed by atoms with Crippen molar-refractivity contribution in [2.45, 2.75) is 27.7 Å². The monoisotopic (exact) mass is 612 g/mol. The topological polar surface area (TPSA) is 133 Å². The van der Waals surface area contributed by atoms with E-state index in [-0.39, 0.29) is 0 Å². The van der Waals surface area contributed by atoms with Crippen molar-refractivity contribution in [3.63, 3.8) is 0 Å². The molecule has 0 saturated heterocycles. The third kappa shape index (κ3) is 8.30. The van der Waals surface area contributed by atoms with Gasteiger partial charge in [-0.2, -0.15) is 20.4 Å². The molecular formula is C28H38Cl2N12. The van der Waals surface area contributed by atoms with E-state index < -0.39 is 0 Å². The van der Waals surface area contributed by atoms with E-state index in [1.807, 2.05) is 44.2 Å². The Morgan fingerprint density at radius 1 is 0.524 bits per heavy atom. The van der Waals surface area contributed by atoms with E-state index in [0.29, 0.717) is 21.9 Å². The molecule has 0 aliphatic rings. The van der Waals surface area contributed by atoms with Crippen LogP contribution in [0.1, 0.15) is 22.8 Å². The van der Waals surface area contributed by atoms with Crippen molar-refractivity contribution in [1.82, 2.24) is 48.3 Å². The zero-order valence-corrected chi connectivity index (χ0v) is 26.7. The van der Waals surface area contributed by atoms with Crippen LogP contribution in [0.4, 0.5) is 11.6 Å². The van der Waals surface area contributed by atoms with E-state index in [2.05, 4.69) is 81.5 Å². The highest BCUT2D eigenvalue weighted by Gasteiger charge is 2.08. The van der Waals surface area contributed by atoms with Crippen molar-refractivity contribution < 1.29 is 0 Å². The smallest absolute Gasteiger partial charge is 0.160 e. The quantitative estimate of drug-likeness (QED) is 0.284. The summed E-state index contributed by atoms with van der Waals surface area (Å²) in [7, 11) is 7.33. The molecular weight excluding hydrogens is 575 g/mol. The summed E-state index contributed by atoms with van der Waals surface area (Å²) in [5.41, 5.74) is 15.3. The number of anilines is 2.